The van der Waals surface area contributed by atoms with Crippen molar-refractivity contribution >= 4 is 17.0 Å². The average Bonchev–Trinajstić information content (AvgIpc) is 2.32. The summed E-state index contributed by atoms with van der Waals surface area (Å²) in [6.45, 7) is 7.92. The molecule has 0 unspecified atom stereocenters. The second-order valence-corrected chi connectivity index (χ2v) is 3.90. The van der Waals surface area contributed by atoms with Crippen LogP contribution in [0.4, 0.5) is 0 Å². The zero-order valence-corrected chi connectivity index (χ0v) is 9.70. The van der Waals surface area contributed by atoms with E-state index < -0.39 is 0 Å². The van der Waals surface area contributed by atoms with Gasteiger partial charge in [-0.1, -0.05) is 36.9 Å². The fraction of sp³-hybridized carbons (Fsp3) is 0.133. The minimum Gasteiger partial charge on any atom is -0.256 e. The first kappa shape index (κ1) is 10.6. The van der Waals surface area contributed by atoms with E-state index in [0.717, 1.165) is 5.52 Å². The lowest BCUT2D eigenvalue weighted by molar-refractivity contribution is 1.34. The van der Waals surface area contributed by atoms with Crippen molar-refractivity contribution < 1.29 is 0 Å². The van der Waals surface area contributed by atoms with Crippen molar-refractivity contribution in [1.82, 2.24) is 4.98 Å². The number of nitrogens with zero attached hydrogens (tertiary/aromatic N) is 1. The van der Waals surface area contributed by atoms with Gasteiger partial charge in [-0.3, -0.25) is 4.98 Å². The SMILES string of the molecule is C=C/C=C\c1cc(C)c2cccnc2c1C. The minimum atomic E-state index is 1.09. The topological polar surface area (TPSA) is 12.9 Å². The Bertz CT molecular complexity index is 565. The second kappa shape index (κ2) is 4.31. The van der Waals surface area contributed by atoms with Crippen molar-refractivity contribution in [1.29, 1.82) is 0 Å². The van der Waals surface area contributed by atoms with Crippen molar-refractivity contribution in [2.24, 2.45) is 0 Å². The molecule has 16 heavy (non-hydrogen) atoms. The van der Waals surface area contributed by atoms with Crippen LogP contribution >= 0.6 is 0 Å². The Hall–Kier alpha value is -1.89. The molecule has 1 nitrogen and oxygen atoms in total. The monoisotopic (exact) mass is 209 g/mol. The maximum Gasteiger partial charge on any atom is 0.0739 e. The summed E-state index contributed by atoms with van der Waals surface area (Å²) >= 11 is 0. The van der Waals surface area contributed by atoms with E-state index in [9.17, 15) is 0 Å². The van der Waals surface area contributed by atoms with Crippen molar-refractivity contribution in [3.63, 3.8) is 0 Å². The molecule has 0 saturated heterocycles. The van der Waals surface area contributed by atoms with Crippen molar-refractivity contribution in [2.45, 2.75) is 13.8 Å². The maximum atomic E-state index is 4.45. The van der Waals surface area contributed by atoms with E-state index in [2.05, 4.69) is 43.6 Å². The molecule has 0 atom stereocenters. The number of allylic oxidation sites excluding steroid dienone is 2. The molecule has 0 aliphatic rings. The lowest BCUT2D eigenvalue weighted by Gasteiger charge is -2.08. The van der Waals surface area contributed by atoms with E-state index in [1.54, 1.807) is 6.08 Å². The summed E-state index contributed by atoms with van der Waals surface area (Å²) in [7, 11) is 0. The molecule has 0 aliphatic heterocycles. The molecule has 1 aromatic carbocycles. The largest absolute Gasteiger partial charge is 0.256 e. The van der Waals surface area contributed by atoms with Crippen LogP contribution in [0.5, 0.6) is 0 Å². The molecule has 0 N–H and O–H groups in total. The van der Waals surface area contributed by atoms with Gasteiger partial charge in [-0.25, -0.2) is 0 Å². The van der Waals surface area contributed by atoms with Gasteiger partial charge in [-0.15, -0.1) is 0 Å². The lowest BCUT2D eigenvalue weighted by Crippen LogP contribution is -1.90. The van der Waals surface area contributed by atoms with Crippen LogP contribution < -0.4 is 0 Å². The Morgan fingerprint density at radius 1 is 1.31 bits per heavy atom. The van der Waals surface area contributed by atoms with Gasteiger partial charge >= 0.3 is 0 Å². The summed E-state index contributed by atoms with van der Waals surface area (Å²) in [6.07, 6.45) is 7.66. The maximum absolute atomic E-state index is 4.45. The van der Waals surface area contributed by atoms with Crippen LogP contribution in [-0.4, -0.2) is 4.98 Å². The molecular formula is C15H15N. The van der Waals surface area contributed by atoms with Crippen LogP contribution in [0.15, 0.2) is 43.1 Å². The predicted molar refractivity (Wildman–Crippen MR) is 70.4 cm³/mol. The Morgan fingerprint density at radius 2 is 2.12 bits per heavy atom. The third kappa shape index (κ3) is 1.76. The Kier molecular flexibility index (Phi) is 2.86. The smallest absolute Gasteiger partial charge is 0.0739 e. The molecule has 0 amide bonds. The molecule has 0 aliphatic carbocycles. The number of benzene rings is 1. The summed E-state index contributed by atoms with van der Waals surface area (Å²) in [5.74, 6) is 0. The normalized spacial score (nSPS) is 11.1. The lowest BCUT2D eigenvalue weighted by atomic mass is 9.99. The van der Waals surface area contributed by atoms with Crippen molar-refractivity contribution in [3.05, 3.63) is 59.8 Å². The molecule has 0 bridgehead atoms. The molecular weight excluding hydrogens is 194 g/mol. The first-order valence-corrected chi connectivity index (χ1v) is 5.38. The average molecular weight is 209 g/mol. The Balaban J connectivity index is 2.74. The van der Waals surface area contributed by atoms with E-state index in [0.29, 0.717) is 0 Å². The highest BCUT2D eigenvalue weighted by molar-refractivity contribution is 5.88. The first-order chi connectivity index (χ1) is 7.74. The number of rotatable bonds is 2. The number of fused-ring (bicyclic) bond motifs is 1. The molecule has 0 spiro atoms. The summed E-state index contributed by atoms with van der Waals surface area (Å²) in [6, 6.07) is 6.29. The van der Waals surface area contributed by atoms with Crippen LogP contribution in [0.2, 0.25) is 0 Å². The highest BCUT2D eigenvalue weighted by Gasteiger charge is 2.04. The van der Waals surface area contributed by atoms with E-state index in [4.69, 9.17) is 0 Å². The summed E-state index contributed by atoms with van der Waals surface area (Å²) in [5, 5.41) is 1.23. The third-order valence-corrected chi connectivity index (χ3v) is 2.80. The Labute approximate surface area is 96.1 Å². The molecule has 1 heterocycles. The van der Waals surface area contributed by atoms with Gasteiger partial charge in [0.1, 0.15) is 0 Å². The second-order valence-electron chi connectivity index (χ2n) is 3.90. The summed E-state index contributed by atoms with van der Waals surface area (Å²) < 4.78 is 0. The quantitative estimate of drug-likeness (QED) is 0.680. The molecule has 0 saturated carbocycles. The zero-order chi connectivity index (χ0) is 11.5. The molecule has 80 valence electrons. The molecule has 2 aromatic rings. The molecule has 2 rings (SSSR count). The van der Waals surface area contributed by atoms with E-state index in [-0.39, 0.29) is 0 Å². The Morgan fingerprint density at radius 3 is 2.88 bits per heavy atom. The third-order valence-electron chi connectivity index (χ3n) is 2.80. The molecule has 1 heteroatoms. The highest BCUT2D eigenvalue weighted by atomic mass is 14.6. The fourth-order valence-electron chi connectivity index (χ4n) is 1.92. The van der Waals surface area contributed by atoms with Crippen molar-refractivity contribution in [2.75, 3.05) is 0 Å². The number of aromatic nitrogens is 1. The standard InChI is InChI=1S/C15H15N/c1-4-5-7-13-10-11(2)14-8-6-9-16-15(14)12(13)3/h4-10H,1H2,2-3H3/b7-5-. The van der Waals surface area contributed by atoms with Gasteiger partial charge in [0.25, 0.3) is 0 Å². The molecule has 1 aromatic heterocycles. The summed E-state index contributed by atoms with van der Waals surface area (Å²) in [5.41, 5.74) is 4.78. The number of hydrogen-bond acceptors (Lipinski definition) is 1. The predicted octanol–water partition coefficient (Wildman–Crippen LogP) is 4.05. The number of pyridine rings is 1. The van der Waals surface area contributed by atoms with Gasteiger partial charge in [0, 0.05) is 11.6 Å². The zero-order valence-electron chi connectivity index (χ0n) is 9.70. The van der Waals surface area contributed by atoms with Gasteiger partial charge in [-0.05, 0) is 36.6 Å². The highest BCUT2D eigenvalue weighted by Crippen LogP contribution is 2.24. The van der Waals surface area contributed by atoms with Crippen LogP contribution in [0.1, 0.15) is 16.7 Å². The number of hydrogen-bond donors (Lipinski definition) is 0. The van der Waals surface area contributed by atoms with Crippen LogP contribution in [-0.2, 0) is 0 Å². The van der Waals surface area contributed by atoms with E-state index >= 15 is 0 Å². The van der Waals surface area contributed by atoms with Gasteiger partial charge in [0.2, 0.25) is 0 Å². The van der Waals surface area contributed by atoms with Gasteiger partial charge in [-0.2, -0.15) is 0 Å². The first-order valence-electron chi connectivity index (χ1n) is 5.38. The minimum absolute atomic E-state index is 1.09. The molecule has 0 fully saturated rings. The van der Waals surface area contributed by atoms with Crippen LogP contribution in [0, 0.1) is 13.8 Å². The summed E-state index contributed by atoms with van der Waals surface area (Å²) in [4.78, 5) is 4.45. The van der Waals surface area contributed by atoms with Crippen LogP contribution in [0.25, 0.3) is 17.0 Å². The van der Waals surface area contributed by atoms with Gasteiger partial charge < -0.3 is 0 Å². The number of aryl methyl sites for hydroxylation is 2. The van der Waals surface area contributed by atoms with E-state index in [1.807, 2.05) is 18.3 Å². The van der Waals surface area contributed by atoms with Gasteiger partial charge in [0.15, 0.2) is 0 Å². The van der Waals surface area contributed by atoms with Gasteiger partial charge in [0.05, 0.1) is 5.52 Å². The van der Waals surface area contributed by atoms with E-state index in [1.165, 1.54) is 22.1 Å². The van der Waals surface area contributed by atoms with Crippen LogP contribution in [0.3, 0.4) is 0 Å². The fourth-order valence-corrected chi connectivity index (χ4v) is 1.92. The van der Waals surface area contributed by atoms with Crippen molar-refractivity contribution in [3.8, 4) is 0 Å². The molecule has 0 radical (unpaired) electrons.